The normalized spacial score (nSPS) is 10.6. The van der Waals surface area contributed by atoms with Gasteiger partial charge in [-0.05, 0) is 42.9 Å². The van der Waals surface area contributed by atoms with E-state index in [1.165, 1.54) is 10.5 Å². The molecule has 0 atom stereocenters. The first-order valence-corrected chi connectivity index (χ1v) is 7.94. The molecule has 0 radical (unpaired) electrons. The van der Waals surface area contributed by atoms with Crippen LogP contribution in [0.25, 0.3) is 0 Å². The lowest BCUT2D eigenvalue weighted by Gasteiger charge is -2.16. The van der Waals surface area contributed by atoms with Crippen molar-refractivity contribution in [3.05, 3.63) is 35.4 Å². The highest BCUT2D eigenvalue weighted by molar-refractivity contribution is 5.95. The van der Waals surface area contributed by atoms with Crippen molar-refractivity contribution in [2.45, 2.75) is 40.0 Å². The van der Waals surface area contributed by atoms with Gasteiger partial charge >= 0.3 is 5.97 Å². The molecule has 1 amide bonds. The second-order valence-electron chi connectivity index (χ2n) is 5.97. The van der Waals surface area contributed by atoms with Crippen LogP contribution >= 0.6 is 0 Å². The number of hydrogen-bond acceptors (Lipinski definition) is 3. The van der Waals surface area contributed by atoms with E-state index in [-0.39, 0.29) is 18.4 Å². The molecule has 1 rings (SSSR count). The van der Waals surface area contributed by atoms with Crippen LogP contribution in [-0.2, 0) is 16.0 Å². The molecule has 0 aliphatic heterocycles. The van der Waals surface area contributed by atoms with Crippen molar-refractivity contribution in [3.8, 4) is 0 Å². The van der Waals surface area contributed by atoms with Crippen LogP contribution in [0.15, 0.2) is 24.3 Å². The zero-order chi connectivity index (χ0) is 16.5. The number of hydrogen-bond donors (Lipinski definition) is 0. The van der Waals surface area contributed by atoms with Gasteiger partial charge in [-0.1, -0.05) is 32.9 Å². The van der Waals surface area contributed by atoms with Crippen molar-refractivity contribution < 1.29 is 14.3 Å². The van der Waals surface area contributed by atoms with Gasteiger partial charge in [0.15, 0.2) is 0 Å². The smallest absolute Gasteiger partial charge is 0.325 e. The Morgan fingerprint density at radius 3 is 2.36 bits per heavy atom. The monoisotopic (exact) mass is 305 g/mol. The van der Waals surface area contributed by atoms with Gasteiger partial charge in [-0.15, -0.1) is 0 Å². The Hall–Kier alpha value is -1.84. The quantitative estimate of drug-likeness (QED) is 0.547. The fourth-order valence-corrected chi connectivity index (χ4v) is 2.09. The van der Waals surface area contributed by atoms with Crippen LogP contribution in [-0.4, -0.2) is 37.0 Å². The minimum absolute atomic E-state index is 0.0178. The molecule has 0 aromatic heterocycles. The van der Waals surface area contributed by atoms with Crippen LogP contribution in [0.2, 0.25) is 0 Å². The maximum Gasteiger partial charge on any atom is 0.325 e. The molecule has 0 saturated heterocycles. The van der Waals surface area contributed by atoms with Gasteiger partial charge < -0.3 is 9.64 Å². The standard InChI is InChI=1S/C18H27NO3/c1-5-15-8-10-16(11-9-15)18(21)19(4)13-17(20)22-12-6-7-14(2)3/h8-11,14H,5-7,12-13H2,1-4H3. The second kappa shape index (κ2) is 9.23. The third-order valence-corrected chi connectivity index (χ3v) is 3.51. The third-order valence-electron chi connectivity index (χ3n) is 3.51. The molecule has 4 heteroatoms. The highest BCUT2D eigenvalue weighted by Crippen LogP contribution is 2.08. The Balaban J connectivity index is 2.41. The van der Waals surface area contributed by atoms with Gasteiger partial charge in [0.1, 0.15) is 6.54 Å². The molecule has 1 aromatic rings. The number of benzene rings is 1. The van der Waals surface area contributed by atoms with Crippen molar-refractivity contribution in [1.29, 1.82) is 0 Å². The summed E-state index contributed by atoms with van der Waals surface area (Å²) in [6.45, 7) is 6.74. The van der Waals surface area contributed by atoms with Gasteiger partial charge in [-0.2, -0.15) is 0 Å². The van der Waals surface area contributed by atoms with Gasteiger partial charge in [-0.25, -0.2) is 0 Å². The third kappa shape index (κ3) is 6.29. The first-order chi connectivity index (χ1) is 10.4. The van der Waals surface area contributed by atoms with Crippen molar-refractivity contribution in [2.24, 2.45) is 5.92 Å². The van der Waals surface area contributed by atoms with Crippen LogP contribution in [0.4, 0.5) is 0 Å². The first kappa shape index (κ1) is 18.2. The summed E-state index contributed by atoms with van der Waals surface area (Å²) in [5, 5.41) is 0. The van der Waals surface area contributed by atoms with Crippen molar-refractivity contribution in [1.82, 2.24) is 4.90 Å². The minimum Gasteiger partial charge on any atom is -0.464 e. The predicted molar refractivity (Wildman–Crippen MR) is 87.8 cm³/mol. The number of rotatable bonds is 8. The Morgan fingerprint density at radius 1 is 1.18 bits per heavy atom. The SMILES string of the molecule is CCc1ccc(C(=O)N(C)CC(=O)OCCCC(C)C)cc1. The molecule has 0 heterocycles. The molecule has 0 bridgehead atoms. The van der Waals surface area contributed by atoms with E-state index in [1.807, 2.05) is 12.1 Å². The number of amides is 1. The number of ether oxygens (including phenoxy) is 1. The van der Waals surface area contributed by atoms with Gasteiger partial charge in [0.05, 0.1) is 6.61 Å². The molecule has 0 aliphatic rings. The van der Waals surface area contributed by atoms with Crippen molar-refractivity contribution in [2.75, 3.05) is 20.2 Å². The Bertz CT molecular complexity index is 480. The second-order valence-corrected chi connectivity index (χ2v) is 5.97. The molecule has 0 spiro atoms. The Morgan fingerprint density at radius 2 is 1.82 bits per heavy atom. The number of nitrogens with zero attached hydrogens (tertiary/aromatic N) is 1. The summed E-state index contributed by atoms with van der Waals surface area (Å²) in [4.78, 5) is 25.3. The summed E-state index contributed by atoms with van der Waals surface area (Å²) in [5.41, 5.74) is 1.77. The maximum absolute atomic E-state index is 12.2. The summed E-state index contributed by atoms with van der Waals surface area (Å²) in [7, 11) is 1.62. The molecule has 0 unspecified atom stereocenters. The average Bonchev–Trinajstić information content (AvgIpc) is 2.50. The van der Waals surface area contributed by atoms with Crippen LogP contribution in [0.1, 0.15) is 49.5 Å². The van der Waals surface area contributed by atoms with E-state index in [0.717, 1.165) is 19.3 Å². The van der Waals surface area contributed by atoms with Crippen molar-refractivity contribution >= 4 is 11.9 Å². The van der Waals surface area contributed by atoms with Gasteiger partial charge in [0.2, 0.25) is 0 Å². The van der Waals surface area contributed by atoms with Gasteiger partial charge in [0, 0.05) is 12.6 Å². The molecule has 0 N–H and O–H groups in total. The van der Waals surface area contributed by atoms with E-state index in [9.17, 15) is 9.59 Å². The number of carbonyl (C=O) groups excluding carboxylic acids is 2. The number of likely N-dealkylation sites (N-methyl/N-ethyl adjacent to an activating group) is 1. The maximum atomic E-state index is 12.2. The minimum atomic E-state index is -0.357. The first-order valence-electron chi connectivity index (χ1n) is 7.94. The fourth-order valence-electron chi connectivity index (χ4n) is 2.09. The number of aryl methyl sites for hydroxylation is 1. The summed E-state index contributed by atoms with van der Waals surface area (Å²) < 4.78 is 5.15. The van der Waals surface area contributed by atoms with E-state index in [4.69, 9.17) is 4.74 Å². The molecular weight excluding hydrogens is 278 g/mol. The number of esters is 1. The zero-order valence-corrected chi connectivity index (χ0v) is 14.1. The van der Waals surface area contributed by atoms with Crippen LogP contribution < -0.4 is 0 Å². The van der Waals surface area contributed by atoms with E-state index < -0.39 is 0 Å². The molecule has 22 heavy (non-hydrogen) atoms. The predicted octanol–water partition coefficient (Wildman–Crippen LogP) is 3.30. The molecule has 0 fully saturated rings. The molecule has 0 aliphatic carbocycles. The highest BCUT2D eigenvalue weighted by atomic mass is 16.5. The van der Waals surface area contributed by atoms with Crippen LogP contribution in [0, 0.1) is 5.92 Å². The summed E-state index contributed by atoms with van der Waals surface area (Å²) in [5.74, 6) is 0.0839. The summed E-state index contributed by atoms with van der Waals surface area (Å²) in [6, 6.07) is 7.47. The lowest BCUT2D eigenvalue weighted by atomic mass is 10.1. The summed E-state index contributed by atoms with van der Waals surface area (Å²) >= 11 is 0. The summed E-state index contributed by atoms with van der Waals surface area (Å²) in [6.07, 6.45) is 2.83. The zero-order valence-electron chi connectivity index (χ0n) is 14.1. The number of carbonyl (C=O) groups is 2. The molecule has 122 valence electrons. The molecule has 4 nitrogen and oxygen atoms in total. The lowest BCUT2D eigenvalue weighted by molar-refractivity contribution is -0.144. The molecule has 1 aromatic carbocycles. The molecular formula is C18H27NO3. The van der Waals surface area contributed by atoms with E-state index in [1.54, 1.807) is 19.2 Å². The van der Waals surface area contributed by atoms with Crippen molar-refractivity contribution in [3.63, 3.8) is 0 Å². The average molecular weight is 305 g/mol. The van der Waals surface area contributed by atoms with Gasteiger partial charge in [0.25, 0.3) is 5.91 Å². The largest absolute Gasteiger partial charge is 0.464 e. The lowest BCUT2D eigenvalue weighted by Crippen LogP contribution is -2.33. The highest BCUT2D eigenvalue weighted by Gasteiger charge is 2.15. The van der Waals surface area contributed by atoms with Gasteiger partial charge in [-0.3, -0.25) is 9.59 Å². The Labute approximate surface area is 133 Å². The topological polar surface area (TPSA) is 46.6 Å². The van der Waals surface area contributed by atoms with E-state index in [2.05, 4.69) is 20.8 Å². The van der Waals surface area contributed by atoms with E-state index in [0.29, 0.717) is 18.1 Å². The van der Waals surface area contributed by atoms with Crippen LogP contribution in [0.5, 0.6) is 0 Å². The molecule has 0 saturated carbocycles. The fraction of sp³-hybridized carbons (Fsp3) is 0.556. The van der Waals surface area contributed by atoms with E-state index >= 15 is 0 Å². The van der Waals surface area contributed by atoms with Crippen LogP contribution in [0.3, 0.4) is 0 Å². The Kier molecular flexibility index (Phi) is 7.64.